The number of hydrogen-bond donors (Lipinski definition) is 1. The van der Waals surface area contributed by atoms with Gasteiger partial charge in [-0.1, -0.05) is 20.8 Å². The zero-order chi connectivity index (χ0) is 14.2. The van der Waals surface area contributed by atoms with Crippen LogP contribution in [0, 0.1) is 0 Å². The van der Waals surface area contributed by atoms with E-state index in [-0.39, 0.29) is 5.97 Å². The molecule has 2 unspecified atom stereocenters. The molecule has 1 N–H and O–H groups in total. The van der Waals surface area contributed by atoms with Gasteiger partial charge in [0, 0.05) is 6.04 Å². The molecule has 108 valence electrons. The second kappa shape index (κ2) is 8.48. The molecule has 4 nitrogen and oxygen atoms in total. The van der Waals surface area contributed by atoms with Gasteiger partial charge in [0.25, 0.3) is 0 Å². The maximum absolute atomic E-state index is 12.0. The Morgan fingerprint density at radius 2 is 1.89 bits per heavy atom. The lowest BCUT2D eigenvalue weighted by Crippen LogP contribution is -2.54. The largest absolute Gasteiger partial charge is 0.468 e. The Kier molecular flexibility index (Phi) is 8.20. The van der Waals surface area contributed by atoms with Crippen LogP contribution < -0.4 is 5.32 Å². The standard InChI is InChI=1S/C14H30N2O2/c1-7-10-15-14(5,13(17)18-6)11-12(4)16(8-2)9-3/h12,15H,7-11H2,1-6H3. The van der Waals surface area contributed by atoms with Gasteiger partial charge < -0.3 is 15.0 Å². The molecular weight excluding hydrogens is 228 g/mol. The van der Waals surface area contributed by atoms with Crippen LogP contribution in [0.25, 0.3) is 0 Å². The molecule has 0 aromatic carbocycles. The van der Waals surface area contributed by atoms with E-state index in [4.69, 9.17) is 4.74 Å². The van der Waals surface area contributed by atoms with Crippen LogP contribution in [0.2, 0.25) is 0 Å². The fraction of sp³-hybridized carbons (Fsp3) is 0.929. The first-order valence-electron chi connectivity index (χ1n) is 7.02. The molecule has 0 aromatic rings. The molecule has 2 atom stereocenters. The molecule has 0 amide bonds. The normalized spacial score (nSPS) is 16.4. The molecule has 0 aliphatic heterocycles. The van der Waals surface area contributed by atoms with Crippen molar-refractivity contribution in [2.75, 3.05) is 26.7 Å². The molecule has 0 rings (SSSR count). The van der Waals surface area contributed by atoms with Crippen LogP contribution in [0.15, 0.2) is 0 Å². The first-order chi connectivity index (χ1) is 8.45. The van der Waals surface area contributed by atoms with Crippen molar-refractivity contribution >= 4 is 5.97 Å². The number of esters is 1. The summed E-state index contributed by atoms with van der Waals surface area (Å²) >= 11 is 0. The fourth-order valence-corrected chi connectivity index (χ4v) is 2.42. The van der Waals surface area contributed by atoms with E-state index in [0.717, 1.165) is 32.5 Å². The number of carbonyl (C=O) groups is 1. The highest BCUT2D eigenvalue weighted by atomic mass is 16.5. The third-order valence-corrected chi connectivity index (χ3v) is 3.54. The van der Waals surface area contributed by atoms with Crippen molar-refractivity contribution in [3.63, 3.8) is 0 Å². The van der Waals surface area contributed by atoms with Gasteiger partial charge in [-0.3, -0.25) is 4.79 Å². The lowest BCUT2D eigenvalue weighted by Gasteiger charge is -2.35. The average Bonchev–Trinajstić information content (AvgIpc) is 2.36. The van der Waals surface area contributed by atoms with Crippen LogP contribution in [0.4, 0.5) is 0 Å². The van der Waals surface area contributed by atoms with Crippen LogP contribution in [-0.4, -0.2) is 49.2 Å². The number of methoxy groups -OCH3 is 1. The predicted octanol–water partition coefficient (Wildman–Crippen LogP) is 2.04. The summed E-state index contributed by atoms with van der Waals surface area (Å²) in [6.45, 7) is 13.3. The van der Waals surface area contributed by atoms with Gasteiger partial charge in [-0.25, -0.2) is 0 Å². The van der Waals surface area contributed by atoms with E-state index in [1.807, 2.05) is 6.92 Å². The van der Waals surface area contributed by atoms with Crippen molar-refractivity contribution in [3.8, 4) is 0 Å². The Hall–Kier alpha value is -0.610. The zero-order valence-electron chi connectivity index (χ0n) is 12.9. The molecule has 0 aliphatic carbocycles. The first-order valence-corrected chi connectivity index (χ1v) is 7.02. The minimum Gasteiger partial charge on any atom is -0.468 e. The Morgan fingerprint density at radius 3 is 2.28 bits per heavy atom. The summed E-state index contributed by atoms with van der Waals surface area (Å²) < 4.78 is 4.94. The number of carbonyl (C=O) groups excluding carboxylic acids is 1. The highest BCUT2D eigenvalue weighted by Crippen LogP contribution is 2.18. The van der Waals surface area contributed by atoms with Gasteiger partial charge in [0.2, 0.25) is 0 Å². The van der Waals surface area contributed by atoms with Gasteiger partial charge in [-0.2, -0.15) is 0 Å². The predicted molar refractivity (Wildman–Crippen MR) is 75.7 cm³/mol. The molecule has 0 saturated heterocycles. The fourth-order valence-electron chi connectivity index (χ4n) is 2.42. The average molecular weight is 258 g/mol. The van der Waals surface area contributed by atoms with E-state index in [2.05, 4.69) is 37.9 Å². The van der Waals surface area contributed by atoms with E-state index in [1.54, 1.807) is 0 Å². The summed E-state index contributed by atoms with van der Waals surface area (Å²) in [4.78, 5) is 14.3. The SMILES string of the molecule is CCCNC(C)(CC(C)N(CC)CC)C(=O)OC. The molecule has 0 fully saturated rings. The highest BCUT2D eigenvalue weighted by Gasteiger charge is 2.36. The summed E-state index contributed by atoms with van der Waals surface area (Å²) in [5.74, 6) is -0.171. The van der Waals surface area contributed by atoms with Gasteiger partial charge in [0.15, 0.2) is 0 Å². The number of nitrogens with one attached hydrogen (secondary N) is 1. The van der Waals surface area contributed by atoms with Crippen LogP contribution in [-0.2, 0) is 9.53 Å². The lowest BCUT2D eigenvalue weighted by atomic mass is 9.92. The van der Waals surface area contributed by atoms with E-state index >= 15 is 0 Å². The zero-order valence-corrected chi connectivity index (χ0v) is 12.9. The Labute approximate surface area is 112 Å². The minimum atomic E-state index is -0.591. The van der Waals surface area contributed by atoms with Crippen molar-refractivity contribution in [2.45, 2.75) is 59.0 Å². The Morgan fingerprint density at radius 1 is 1.33 bits per heavy atom. The van der Waals surface area contributed by atoms with E-state index in [9.17, 15) is 4.79 Å². The van der Waals surface area contributed by atoms with Gasteiger partial charge in [-0.15, -0.1) is 0 Å². The molecule has 0 aliphatic rings. The van der Waals surface area contributed by atoms with E-state index in [1.165, 1.54) is 7.11 Å². The van der Waals surface area contributed by atoms with Crippen LogP contribution in [0.3, 0.4) is 0 Å². The topological polar surface area (TPSA) is 41.6 Å². The molecule has 4 heteroatoms. The third kappa shape index (κ3) is 4.94. The molecular formula is C14H30N2O2. The summed E-state index contributed by atoms with van der Waals surface area (Å²) in [6, 6.07) is 0.355. The Balaban J connectivity index is 4.71. The van der Waals surface area contributed by atoms with E-state index in [0.29, 0.717) is 6.04 Å². The van der Waals surface area contributed by atoms with Gasteiger partial charge in [0.05, 0.1) is 7.11 Å². The summed E-state index contributed by atoms with van der Waals surface area (Å²) in [5, 5.41) is 3.33. The molecule has 18 heavy (non-hydrogen) atoms. The molecule has 0 radical (unpaired) electrons. The van der Waals surface area contributed by atoms with Crippen LogP contribution >= 0.6 is 0 Å². The molecule has 0 heterocycles. The minimum absolute atomic E-state index is 0.171. The maximum atomic E-state index is 12.0. The van der Waals surface area contributed by atoms with Crippen LogP contribution in [0.1, 0.15) is 47.5 Å². The molecule has 0 bridgehead atoms. The van der Waals surface area contributed by atoms with Crippen molar-refractivity contribution in [1.29, 1.82) is 0 Å². The first kappa shape index (κ1) is 17.4. The van der Waals surface area contributed by atoms with Crippen molar-refractivity contribution in [3.05, 3.63) is 0 Å². The number of rotatable bonds is 9. The lowest BCUT2D eigenvalue weighted by molar-refractivity contribution is -0.148. The second-order valence-electron chi connectivity index (χ2n) is 5.02. The monoisotopic (exact) mass is 258 g/mol. The van der Waals surface area contributed by atoms with Gasteiger partial charge in [0.1, 0.15) is 5.54 Å². The highest BCUT2D eigenvalue weighted by molar-refractivity contribution is 5.80. The third-order valence-electron chi connectivity index (χ3n) is 3.54. The van der Waals surface area contributed by atoms with Crippen molar-refractivity contribution in [2.24, 2.45) is 0 Å². The summed E-state index contributed by atoms with van der Waals surface area (Å²) in [5.41, 5.74) is -0.591. The van der Waals surface area contributed by atoms with Crippen molar-refractivity contribution < 1.29 is 9.53 Å². The summed E-state index contributed by atoms with van der Waals surface area (Å²) in [6.07, 6.45) is 1.77. The number of hydrogen-bond acceptors (Lipinski definition) is 4. The van der Waals surface area contributed by atoms with Crippen molar-refractivity contribution in [1.82, 2.24) is 10.2 Å². The smallest absolute Gasteiger partial charge is 0.325 e. The quantitative estimate of drug-likeness (QED) is 0.643. The second-order valence-corrected chi connectivity index (χ2v) is 5.02. The molecule has 0 aromatic heterocycles. The molecule has 0 spiro atoms. The molecule has 0 saturated carbocycles. The van der Waals surface area contributed by atoms with Crippen LogP contribution in [0.5, 0.6) is 0 Å². The van der Waals surface area contributed by atoms with Gasteiger partial charge >= 0.3 is 5.97 Å². The Bertz CT molecular complexity index is 242. The van der Waals surface area contributed by atoms with E-state index < -0.39 is 5.54 Å². The number of nitrogens with zero attached hydrogens (tertiary/aromatic N) is 1. The number of ether oxygens (including phenoxy) is 1. The summed E-state index contributed by atoms with van der Waals surface area (Å²) in [7, 11) is 1.45. The maximum Gasteiger partial charge on any atom is 0.325 e. The van der Waals surface area contributed by atoms with Gasteiger partial charge in [-0.05, 0) is 46.3 Å².